The van der Waals surface area contributed by atoms with Crippen LogP contribution in [0.15, 0.2) is 43.2 Å². The minimum Gasteiger partial charge on any atom is -0.391 e. The number of aliphatic hydroxyl groups is 1. The van der Waals surface area contributed by atoms with E-state index in [-0.39, 0.29) is 0 Å². The van der Waals surface area contributed by atoms with Crippen molar-refractivity contribution in [1.29, 1.82) is 0 Å². The third-order valence-corrected chi connectivity index (χ3v) is 5.57. The van der Waals surface area contributed by atoms with Gasteiger partial charge in [-0.25, -0.2) is 9.50 Å². The molecule has 1 N–H and O–H groups in total. The van der Waals surface area contributed by atoms with Crippen LogP contribution in [0.5, 0.6) is 0 Å². The molecular formula is C21H25N7O. The number of aliphatic hydroxyl groups excluding tert-OH is 1. The van der Waals surface area contributed by atoms with Gasteiger partial charge in [-0.3, -0.25) is 9.36 Å². The van der Waals surface area contributed by atoms with Crippen LogP contribution in [0, 0.1) is 5.92 Å². The molecule has 0 amide bonds. The van der Waals surface area contributed by atoms with Crippen LogP contribution in [0.4, 0.5) is 0 Å². The van der Waals surface area contributed by atoms with E-state index in [1.807, 2.05) is 29.2 Å². The molecule has 1 fully saturated rings. The quantitative estimate of drug-likeness (QED) is 0.523. The summed E-state index contributed by atoms with van der Waals surface area (Å²) in [6.07, 6.45) is 14.6. The number of hydrogen-bond donors (Lipinski definition) is 1. The van der Waals surface area contributed by atoms with Crippen LogP contribution in [0.25, 0.3) is 28.0 Å². The first-order valence-electron chi connectivity index (χ1n) is 10.2. The first-order valence-corrected chi connectivity index (χ1v) is 10.2. The van der Waals surface area contributed by atoms with Gasteiger partial charge < -0.3 is 5.11 Å². The van der Waals surface area contributed by atoms with Gasteiger partial charge in [0.15, 0.2) is 0 Å². The highest BCUT2D eigenvalue weighted by molar-refractivity contribution is 5.78. The van der Waals surface area contributed by atoms with Crippen molar-refractivity contribution in [2.45, 2.75) is 51.8 Å². The molecule has 0 aliphatic heterocycles. The van der Waals surface area contributed by atoms with Gasteiger partial charge in [0.1, 0.15) is 0 Å². The smallest absolute Gasteiger partial charge is 0.0999 e. The Labute approximate surface area is 168 Å². The summed E-state index contributed by atoms with van der Waals surface area (Å²) in [5.41, 5.74) is 4.48. The van der Waals surface area contributed by atoms with Crippen LogP contribution in [-0.2, 0) is 6.54 Å². The normalized spacial score (nSPS) is 16.4. The molecule has 5 rings (SSSR count). The van der Waals surface area contributed by atoms with E-state index in [9.17, 15) is 5.11 Å². The van der Waals surface area contributed by atoms with Gasteiger partial charge in [-0.05, 0) is 38.2 Å². The molecule has 4 aromatic rings. The predicted octanol–water partition coefficient (Wildman–Crippen LogP) is 3.20. The van der Waals surface area contributed by atoms with Crippen LogP contribution < -0.4 is 0 Å². The molecule has 2 atom stereocenters. The number of nitrogens with zero attached hydrogens (tertiary/aromatic N) is 7. The van der Waals surface area contributed by atoms with Crippen LogP contribution in [0.3, 0.4) is 0 Å². The molecule has 4 heterocycles. The fourth-order valence-corrected chi connectivity index (χ4v) is 4.00. The molecule has 4 aromatic heterocycles. The van der Waals surface area contributed by atoms with Crippen molar-refractivity contribution in [2.24, 2.45) is 5.92 Å². The Balaban J connectivity index is 1.55. The molecule has 0 bridgehead atoms. The summed E-state index contributed by atoms with van der Waals surface area (Å²) in [6, 6.07) is 2.44. The van der Waals surface area contributed by atoms with Crippen LogP contribution in [0.2, 0.25) is 0 Å². The maximum atomic E-state index is 9.60. The molecule has 0 saturated heterocycles. The number of hydrogen-bond acceptors (Lipinski definition) is 5. The summed E-state index contributed by atoms with van der Waals surface area (Å²) in [5.74, 6) is 0.752. The van der Waals surface area contributed by atoms with Crippen LogP contribution >= 0.6 is 0 Å². The fourth-order valence-electron chi connectivity index (χ4n) is 4.00. The molecule has 29 heavy (non-hydrogen) atoms. The van der Waals surface area contributed by atoms with Crippen LogP contribution in [0.1, 0.15) is 39.2 Å². The van der Waals surface area contributed by atoms with E-state index in [2.05, 4.69) is 33.1 Å². The van der Waals surface area contributed by atoms with Gasteiger partial charge in [-0.15, -0.1) is 0 Å². The van der Waals surface area contributed by atoms with E-state index in [4.69, 9.17) is 4.98 Å². The van der Waals surface area contributed by atoms with E-state index in [1.54, 1.807) is 24.0 Å². The zero-order valence-electron chi connectivity index (χ0n) is 16.7. The molecule has 0 unspecified atom stereocenters. The summed E-state index contributed by atoms with van der Waals surface area (Å²) in [5, 5.41) is 23.0. The van der Waals surface area contributed by atoms with E-state index < -0.39 is 6.10 Å². The van der Waals surface area contributed by atoms with Crippen molar-refractivity contribution < 1.29 is 5.11 Å². The van der Waals surface area contributed by atoms with Gasteiger partial charge in [-0.2, -0.15) is 15.3 Å². The minimum atomic E-state index is -0.455. The third-order valence-electron chi connectivity index (χ3n) is 5.57. The Bertz CT molecular complexity index is 1140. The van der Waals surface area contributed by atoms with Crippen molar-refractivity contribution >= 4 is 5.52 Å². The average molecular weight is 391 g/mol. The van der Waals surface area contributed by atoms with Gasteiger partial charge in [0, 0.05) is 23.5 Å². The number of fused-ring (bicyclic) bond motifs is 1. The molecule has 8 heteroatoms. The maximum absolute atomic E-state index is 9.60. The zero-order valence-corrected chi connectivity index (χ0v) is 16.7. The van der Waals surface area contributed by atoms with Crippen molar-refractivity contribution in [3.63, 3.8) is 0 Å². The molecule has 1 aliphatic rings. The summed E-state index contributed by atoms with van der Waals surface area (Å²) in [4.78, 5) is 4.94. The monoisotopic (exact) mass is 391 g/mol. The molecule has 8 nitrogen and oxygen atoms in total. The largest absolute Gasteiger partial charge is 0.391 e. The Morgan fingerprint density at radius 3 is 2.69 bits per heavy atom. The van der Waals surface area contributed by atoms with Gasteiger partial charge in [0.25, 0.3) is 0 Å². The van der Waals surface area contributed by atoms with E-state index in [1.165, 1.54) is 12.8 Å². The summed E-state index contributed by atoms with van der Waals surface area (Å²) >= 11 is 0. The first kappa shape index (κ1) is 18.1. The standard InChI is InChI=1S/C21H25N7O/c1-3-19(15-4-5-15)27-12-17(9-24-27)21-20-6-7-22-28(20)13-18(25-21)16-8-23-26(11-16)10-14(2)29/h6-9,11-15,19,29H,3-5,10H2,1-2H3/t14-,19+/m0/s1. The maximum Gasteiger partial charge on any atom is 0.0999 e. The third kappa shape index (κ3) is 3.44. The summed E-state index contributed by atoms with van der Waals surface area (Å²) in [7, 11) is 0. The molecule has 0 radical (unpaired) electrons. The Morgan fingerprint density at radius 2 is 1.93 bits per heavy atom. The van der Waals surface area contributed by atoms with E-state index in [0.29, 0.717) is 12.6 Å². The molecule has 1 aliphatic carbocycles. The highest BCUT2D eigenvalue weighted by Gasteiger charge is 2.31. The minimum absolute atomic E-state index is 0.448. The van der Waals surface area contributed by atoms with Crippen molar-refractivity contribution in [2.75, 3.05) is 0 Å². The summed E-state index contributed by atoms with van der Waals surface area (Å²) in [6.45, 7) is 4.42. The Kier molecular flexibility index (Phi) is 4.43. The lowest BCUT2D eigenvalue weighted by molar-refractivity contribution is 0.168. The van der Waals surface area contributed by atoms with Crippen molar-refractivity contribution in [1.82, 2.24) is 34.2 Å². The van der Waals surface area contributed by atoms with Gasteiger partial charge >= 0.3 is 0 Å². The zero-order chi connectivity index (χ0) is 20.0. The second kappa shape index (κ2) is 7.11. The number of rotatable bonds is 7. The molecular weight excluding hydrogens is 366 g/mol. The van der Waals surface area contributed by atoms with E-state index in [0.717, 1.165) is 40.4 Å². The van der Waals surface area contributed by atoms with Crippen molar-refractivity contribution in [3.05, 3.63) is 43.2 Å². The fraction of sp³-hybridized carbons (Fsp3) is 0.429. The topological polar surface area (TPSA) is 86.1 Å². The lowest BCUT2D eigenvalue weighted by atomic mass is 10.1. The lowest BCUT2D eigenvalue weighted by Gasteiger charge is -2.14. The number of aromatic nitrogens is 7. The second-order valence-electron chi connectivity index (χ2n) is 7.96. The van der Waals surface area contributed by atoms with Gasteiger partial charge in [0.2, 0.25) is 0 Å². The molecule has 0 spiro atoms. The van der Waals surface area contributed by atoms with Gasteiger partial charge in [0.05, 0.1) is 60.4 Å². The molecule has 150 valence electrons. The second-order valence-corrected chi connectivity index (χ2v) is 7.96. The van der Waals surface area contributed by atoms with Gasteiger partial charge in [-0.1, -0.05) is 6.92 Å². The first-order chi connectivity index (χ1) is 14.1. The SMILES string of the molecule is CC[C@H](C1CC1)n1cc(-c2nc(-c3cnn(C[C@H](C)O)c3)cn3nccc23)cn1. The van der Waals surface area contributed by atoms with Crippen LogP contribution in [-0.4, -0.2) is 45.4 Å². The van der Waals surface area contributed by atoms with Crippen molar-refractivity contribution in [3.8, 4) is 22.5 Å². The summed E-state index contributed by atoms with van der Waals surface area (Å²) < 4.78 is 5.68. The lowest BCUT2D eigenvalue weighted by Crippen LogP contribution is -2.11. The predicted molar refractivity (Wildman–Crippen MR) is 109 cm³/mol. The molecule has 0 aromatic carbocycles. The Morgan fingerprint density at radius 1 is 1.10 bits per heavy atom. The average Bonchev–Trinajstić information content (AvgIpc) is 3.11. The Hall–Kier alpha value is -3.00. The highest BCUT2D eigenvalue weighted by Crippen LogP contribution is 2.41. The molecule has 1 saturated carbocycles. The van der Waals surface area contributed by atoms with E-state index >= 15 is 0 Å². The highest BCUT2D eigenvalue weighted by atomic mass is 16.3.